The van der Waals surface area contributed by atoms with Crippen molar-refractivity contribution in [2.24, 2.45) is 0 Å². The summed E-state index contributed by atoms with van der Waals surface area (Å²) in [7, 11) is 0. The molecule has 0 bridgehead atoms. The van der Waals surface area contributed by atoms with E-state index >= 15 is 0 Å². The van der Waals surface area contributed by atoms with Crippen LogP contribution in [-0.4, -0.2) is 71.3 Å². The maximum absolute atomic E-state index is 12.1. The summed E-state index contributed by atoms with van der Waals surface area (Å²) in [5.74, 6) is 0.508. The van der Waals surface area contributed by atoms with Crippen LogP contribution in [0.15, 0.2) is 28.8 Å². The Morgan fingerprint density at radius 1 is 1.25 bits per heavy atom. The molecule has 28 heavy (non-hydrogen) atoms. The molecule has 1 fully saturated rings. The van der Waals surface area contributed by atoms with Crippen LogP contribution in [0.5, 0.6) is 0 Å². The van der Waals surface area contributed by atoms with Crippen LogP contribution in [0.4, 0.5) is 4.79 Å². The lowest BCUT2D eigenvalue weighted by atomic mass is 10.2. The lowest BCUT2D eigenvalue weighted by Crippen LogP contribution is -2.52. The highest BCUT2D eigenvalue weighted by atomic mass is 35.5. The van der Waals surface area contributed by atoms with Crippen molar-refractivity contribution in [3.63, 3.8) is 0 Å². The summed E-state index contributed by atoms with van der Waals surface area (Å²) in [5.41, 5.74) is 0.700. The molecule has 150 valence electrons. The third-order valence-corrected chi connectivity index (χ3v) is 4.62. The van der Waals surface area contributed by atoms with Crippen LogP contribution in [0.25, 0.3) is 11.5 Å². The first-order chi connectivity index (χ1) is 13.6. The molecule has 1 N–H and O–H groups in total. The van der Waals surface area contributed by atoms with Crippen molar-refractivity contribution >= 4 is 23.6 Å². The summed E-state index contributed by atoms with van der Waals surface area (Å²) in [6, 6.07) is 7.02. The summed E-state index contributed by atoms with van der Waals surface area (Å²) in [4.78, 5) is 31.6. The van der Waals surface area contributed by atoms with E-state index in [4.69, 9.17) is 20.9 Å². The zero-order valence-corrected chi connectivity index (χ0v) is 16.3. The maximum Gasteiger partial charge on any atom is 0.325 e. The van der Waals surface area contributed by atoms with Gasteiger partial charge in [0.2, 0.25) is 0 Å². The minimum Gasteiger partial charge on any atom is -0.465 e. The second-order valence-electron chi connectivity index (χ2n) is 6.22. The number of nitrogens with zero attached hydrogens (tertiary/aromatic N) is 4. The van der Waals surface area contributed by atoms with E-state index < -0.39 is 5.97 Å². The van der Waals surface area contributed by atoms with Crippen LogP contribution in [0.3, 0.4) is 0 Å². The SMILES string of the molecule is CCOC(=O)CNC(=O)N1CCN(Cc2noc(-c3ccccc3Cl)n2)CC1. The first-order valence-corrected chi connectivity index (χ1v) is 9.43. The number of esters is 1. The van der Waals surface area contributed by atoms with E-state index in [9.17, 15) is 9.59 Å². The van der Waals surface area contributed by atoms with Gasteiger partial charge < -0.3 is 19.5 Å². The second-order valence-corrected chi connectivity index (χ2v) is 6.63. The Hall–Kier alpha value is -2.65. The number of hydrogen-bond donors (Lipinski definition) is 1. The van der Waals surface area contributed by atoms with Crippen molar-refractivity contribution in [1.82, 2.24) is 25.3 Å². The summed E-state index contributed by atoms with van der Waals surface area (Å²) in [5, 5.41) is 7.14. The molecule has 2 amide bonds. The Labute approximate surface area is 167 Å². The number of rotatable bonds is 6. The molecule has 2 aromatic rings. The van der Waals surface area contributed by atoms with Crippen LogP contribution < -0.4 is 5.32 Å². The average molecular weight is 408 g/mol. The van der Waals surface area contributed by atoms with Gasteiger partial charge in [0.25, 0.3) is 5.89 Å². The molecule has 0 saturated carbocycles. The normalized spacial score (nSPS) is 14.7. The van der Waals surface area contributed by atoms with Gasteiger partial charge >= 0.3 is 12.0 Å². The van der Waals surface area contributed by atoms with Gasteiger partial charge in [-0.3, -0.25) is 9.69 Å². The van der Waals surface area contributed by atoms with Gasteiger partial charge in [-0.1, -0.05) is 28.9 Å². The number of halogens is 1. The van der Waals surface area contributed by atoms with Crippen LogP contribution >= 0.6 is 11.6 Å². The second kappa shape index (κ2) is 9.52. The van der Waals surface area contributed by atoms with Crippen molar-refractivity contribution in [2.75, 3.05) is 39.3 Å². The van der Waals surface area contributed by atoms with E-state index in [1.54, 1.807) is 17.9 Å². The monoisotopic (exact) mass is 407 g/mol. The molecule has 0 radical (unpaired) electrons. The third-order valence-electron chi connectivity index (χ3n) is 4.29. The molecule has 1 saturated heterocycles. The third kappa shape index (κ3) is 5.20. The number of nitrogens with one attached hydrogen (secondary N) is 1. The Bertz CT molecular complexity index is 820. The zero-order chi connectivity index (χ0) is 19.9. The smallest absolute Gasteiger partial charge is 0.325 e. The van der Waals surface area contributed by atoms with Gasteiger partial charge in [0.05, 0.1) is 23.7 Å². The lowest BCUT2D eigenvalue weighted by Gasteiger charge is -2.33. The number of piperazine rings is 1. The molecule has 1 aliphatic rings. The molecule has 0 unspecified atom stereocenters. The number of aromatic nitrogens is 2. The molecule has 0 aliphatic carbocycles. The Morgan fingerprint density at radius 3 is 2.71 bits per heavy atom. The standard InChI is InChI=1S/C18H22ClN5O4/c1-2-27-16(25)11-20-18(26)24-9-7-23(8-10-24)12-15-21-17(28-22-15)13-5-3-4-6-14(13)19/h3-6H,2,7-12H2,1H3,(H,20,26). The quantitative estimate of drug-likeness (QED) is 0.728. The predicted molar refractivity (Wildman–Crippen MR) is 102 cm³/mol. The van der Waals surface area contributed by atoms with E-state index in [-0.39, 0.29) is 12.6 Å². The zero-order valence-electron chi connectivity index (χ0n) is 15.6. The highest BCUT2D eigenvalue weighted by Crippen LogP contribution is 2.26. The van der Waals surface area contributed by atoms with Gasteiger partial charge in [-0.2, -0.15) is 4.98 Å². The number of benzene rings is 1. The average Bonchev–Trinajstić information content (AvgIpc) is 3.15. The predicted octanol–water partition coefficient (Wildman–Crippen LogP) is 1.78. The van der Waals surface area contributed by atoms with Crippen LogP contribution in [0, 0.1) is 0 Å². The van der Waals surface area contributed by atoms with Gasteiger partial charge in [0, 0.05) is 26.2 Å². The fourth-order valence-electron chi connectivity index (χ4n) is 2.84. The van der Waals surface area contributed by atoms with Crippen LogP contribution in [-0.2, 0) is 16.1 Å². The van der Waals surface area contributed by atoms with Crippen molar-refractivity contribution < 1.29 is 18.8 Å². The number of carbonyl (C=O) groups is 2. The first kappa shape index (κ1) is 20.1. The molecule has 1 aliphatic heterocycles. The topological polar surface area (TPSA) is 101 Å². The van der Waals surface area contributed by atoms with Gasteiger partial charge in [-0.25, -0.2) is 4.79 Å². The van der Waals surface area contributed by atoms with E-state index in [1.165, 1.54) is 0 Å². The number of ether oxygens (including phenoxy) is 1. The molecule has 1 aromatic heterocycles. The van der Waals surface area contributed by atoms with E-state index in [0.717, 1.165) is 0 Å². The first-order valence-electron chi connectivity index (χ1n) is 9.05. The summed E-state index contributed by atoms with van der Waals surface area (Å²) in [6.45, 7) is 4.84. The molecule has 9 nitrogen and oxygen atoms in total. The van der Waals surface area contributed by atoms with Crippen molar-refractivity contribution in [3.8, 4) is 11.5 Å². The maximum atomic E-state index is 12.1. The Balaban J connectivity index is 1.47. The lowest BCUT2D eigenvalue weighted by molar-refractivity contribution is -0.141. The molecule has 0 atom stereocenters. The van der Waals surface area contributed by atoms with E-state index in [0.29, 0.717) is 61.6 Å². The number of carbonyl (C=O) groups excluding carboxylic acids is 2. The van der Waals surface area contributed by atoms with Crippen molar-refractivity contribution in [2.45, 2.75) is 13.5 Å². The van der Waals surface area contributed by atoms with Gasteiger partial charge in [0.15, 0.2) is 5.82 Å². The highest BCUT2D eigenvalue weighted by molar-refractivity contribution is 6.33. The van der Waals surface area contributed by atoms with E-state index in [1.807, 2.05) is 18.2 Å². The van der Waals surface area contributed by atoms with Crippen LogP contribution in [0.2, 0.25) is 5.02 Å². The van der Waals surface area contributed by atoms with E-state index in [2.05, 4.69) is 20.4 Å². The molecule has 10 heteroatoms. The summed E-state index contributed by atoms with van der Waals surface area (Å²) >= 11 is 6.16. The van der Waals surface area contributed by atoms with Crippen molar-refractivity contribution in [3.05, 3.63) is 35.1 Å². The largest absolute Gasteiger partial charge is 0.465 e. The van der Waals surface area contributed by atoms with Gasteiger partial charge in [-0.05, 0) is 19.1 Å². The fourth-order valence-corrected chi connectivity index (χ4v) is 3.06. The van der Waals surface area contributed by atoms with Gasteiger partial charge in [-0.15, -0.1) is 0 Å². The fraction of sp³-hybridized carbons (Fsp3) is 0.444. The summed E-state index contributed by atoms with van der Waals surface area (Å²) in [6.07, 6.45) is 0. The molecular weight excluding hydrogens is 386 g/mol. The Morgan fingerprint density at radius 2 is 2.00 bits per heavy atom. The Kier molecular flexibility index (Phi) is 6.83. The minimum atomic E-state index is -0.444. The number of urea groups is 1. The molecule has 1 aromatic carbocycles. The highest BCUT2D eigenvalue weighted by Gasteiger charge is 2.23. The minimum absolute atomic E-state index is 0.124. The summed E-state index contributed by atoms with van der Waals surface area (Å²) < 4.78 is 10.1. The van der Waals surface area contributed by atoms with Crippen molar-refractivity contribution in [1.29, 1.82) is 0 Å². The van der Waals surface area contributed by atoms with Gasteiger partial charge in [0.1, 0.15) is 6.54 Å². The molecule has 3 rings (SSSR count). The molecular formula is C18H22ClN5O4. The molecule has 0 spiro atoms. The number of hydrogen-bond acceptors (Lipinski definition) is 7. The molecule has 2 heterocycles. The van der Waals surface area contributed by atoms with Crippen LogP contribution in [0.1, 0.15) is 12.7 Å². The number of amides is 2.